The number of aliphatic hydroxyl groups is 1. The first-order valence-electron chi connectivity index (χ1n) is 10.0. The molecule has 1 aromatic heterocycles. The number of aliphatic hydroxyl groups excluding tert-OH is 1. The molecule has 2 unspecified atom stereocenters. The van der Waals surface area contributed by atoms with E-state index in [0.717, 1.165) is 35.5 Å². The van der Waals surface area contributed by atoms with Crippen LogP contribution in [0, 0.1) is 5.41 Å². The Kier molecular flexibility index (Phi) is 4.62. The van der Waals surface area contributed by atoms with Crippen molar-refractivity contribution < 1.29 is 15.1 Å². The van der Waals surface area contributed by atoms with E-state index >= 15 is 0 Å². The number of carbonyl (C=O) groups excluding carboxylic acids is 1. The largest absolute Gasteiger partial charge is 0.378 e. The van der Waals surface area contributed by atoms with Gasteiger partial charge in [-0.3, -0.25) is 14.9 Å². The van der Waals surface area contributed by atoms with E-state index in [2.05, 4.69) is 10.3 Å². The highest BCUT2D eigenvalue weighted by molar-refractivity contribution is 5.95. The van der Waals surface area contributed by atoms with Gasteiger partial charge in [-0.15, -0.1) is 5.10 Å². The van der Waals surface area contributed by atoms with Gasteiger partial charge in [0.25, 0.3) is 5.91 Å². The maximum atomic E-state index is 12.0. The van der Waals surface area contributed by atoms with Crippen LogP contribution in [0.4, 0.5) is 0 Å². The molecular weight excluding hydrogens is 382 g/mol. The number of benzene rings is 2. The molecule has 3 N–H and O–H groups in total. The molecule has 0 saturated carbocycles. The molecule has 30 heavy (non-hydrogen) atoms. The van der Waals surface area contributed by atoms with Gasteiger partial charge in [0.15, 0.2) is 0 Å². The topological polar surface area (TPSA) is 104 Å². The Morgan fingerprint density at radius 3 is 2.80 bits per heavy atom. The monoisotopic (exact) mass is 405 g/mol. The van der Waals surface area contributed by atoms with Gasteiger partial charge in [0.1, 0.15) is 6.23 Å². The standard InChI is InChI=1S/C22H23N5O3/c28-20(24-30)18-8-4-5-15-11-22(12-19(15)18)9-10-26(21(22)29)13-16-14-27(25-23-16)17-6-2-1-3-7-17/h1-8,14,21,29-30H,9-13H2,(H,24,28). The lowest BCUT2D eigenvalue weighted by Gasteiger charge is -2.30. The number of carbonyl (C=O) groups is 1. The first-order chi connectivity index (χ1) is 14.6. The van der Waals surface area contributed by atoms with Crippen LogP contribution in [-0.2, 0) is 19.4 Å². The van der Waals surface area contributed by atoms with Crippen LogP contribution in [-0.4, -0.2) is 48.9 Å². The summed E-state index contributed by atoms with van der Waals surface area (Å²) in [5.74, 6) is -0.509. The number of aromatic nitrogens is 3. The van der Waals surface area contributed by atoms with Crippen LogP contribution in [0.15, 0.2) is 54.7 Å². The molecule has 1 fully saturated rings. The highest BCUT2D eigenvalue weighted by atomic mass is 16.5. The SMILES string of the molecule is O=C(NO)c1cccc2c1CC1(CCN(Cc3cn(-c4ccccc4)nn3)C1O)C2. The first-order valence-corrected chi connectivity index (χ1v) is 10.0. The Morgan fingerprint density at radius 2 is 2.00 bits per heavy atom. The van der Waals surface area contributed by atoms with Crippen molar-refractivity contribution in [1.82, 2.24) is 25.4 Å². The predicted molar refractivity (Wildman–Crippen MR) is 108 cm³/mol. The average molecular weight is 405 g/mol. The maximum Gasteiger partial charge on any atom is 0.274 e. The van der Waals surface area contributed by atoms with Crippen molar-refractivity contribution in [3.63, 3.8) is 0 Å². The van der Waals surface area contributed by atoms with Crippen molar-refractivity contribution in [2.24, 2.45) is 5.41 Å². The van der Waals surface area contributed by atoms with Crippen molar-refractivity contribution in [1.29, 1.82) is 0 Å². The van der Waals surface area contributed by atoms with Crippen LogP contribution in [0.1, 0.15) is 33.6 Å². The normalized spacial score (nSPS) is 23.1. The van der Waals surface area contributed by atoms with E-state index < -0.39 is 12.1 Å². The lowest BCUT2D eigenvalue weighted by atomic mass is 9.82. The second-order valence-corrected chi connectivity index (χ2v) is 8.18. The number of para-hydroxylation sites is 1. The Bertz CT molecular complexity index is 1080. The molecule has 2 heterocycles. The zero-order chi connectivity index (χ0) is 20.7. The quantitative estimate of drug-likeness (QED) is 0.451. The smallest absolute Gasteiger partial charge is 0.274 e. The van der Waals surface area contributed by atoms with Gasteiger partial charge in [0.2, 0.25) is 0 Å². The summed E-state index contributed by atoms with van der Waals surface area (Å²) in [6, 6.07) is 15.3. The van der Waals surface area contributed by atoms with E-state index in [0.29, 0.717) is 24.9 Å². The highest BCUT2D eigenvalue weighted by Gasteiger charge is 2.50. The van der Waals surface area contributed by atoms with Crippen LogP contribution in [0.5, 0.6) is 0 Å². The number of rotatable bonds is 4. The average Bonchev–Trinajstić information content (AvgIpc) is 3.48. The molecule has 8 heteroatoms. The predicted octanol–water partition coefficient (Wildman–Crippen LogP) is 1.70. The van der Waals surface area contributed by atoms with Gasteiger partial charge in [-0.05, 0) is 48.6 Å². The Morgan fingerprint density at radius 1 is 1.17 bits per heavy atom. The first kappa shape index (κ1) is 18.9. The summed E-state index contributed by atoms with van der Waals surface area (Å²) in [5.41, 5.74) is 5.59. The van der Waals surface area contributed by atoms with Crippen molar-refractivity contribution in [3.8, 4) is 5.69 Å². The molecule has 1 spiro atoms. The van der Waals surface area contributed by atoms with Gasteiger partial charge in [-0.25, -0.2) is 10.2 Å². The van der Waals surface area contributed by atoms with E-state index in [1.165, 1.54) is 0 Å². The van der Waals surface area contributed by atoms with Crippen LogP contribution in [0.2, 0.25) is 0 Å². The van der Waals surface area contributed by atoms with Gasteiger partial charge in [0, 0.05) is 24.1 Å². The van der Waals surface area contributed by atoms with Crippen molar-refractivity contribution in [2.75, 3.05) is 6.54 Å². The third-order valence-corrected chi connectivity index (χ3v) is 6.41. The zero-order valence-electron chi connectivity index (χ0n) is 16.4. The molecule has 154 valence electrons. The third kappa shape index (κ3) is 3.09. The van der Waals surface area contributed by atoms with E-state index in [1.807, 2.05) is 53.6 Å². The van der Waals surface area contributed by atoms with Gasteiger partial charge < -0.3 is 5.11 Å². The summed E-state index contributed by atoms with van der Waals surface area (Å²) in [6.45, 7) is 1.25. The Balaban J connectivity index is 1.33. The number of hydrogen-bond acceptors (Lipinski definition) is 6. The van der Waals surface area contributed by atoms with E-state index in [9.17, 15) is 9.90 Å². The molecule has 1 aliphatic heterocycles. The number of fused-ring (bicyclic) bond motifs is 1. The second-order valence-electron chi connectivity index (χ2n) is 8.18. The summed E-state index contributed by atoms with van der Waals surface area (Å²) < 4.78 is 1.73. The molecule has 3 aromatic rings. The minimum Gasteiger partial charge on any atom is -0.378 e. The molecule has 8 nitrogen and oxygen atoms in total. The van der Waals surface area contributed by atoms with E-state index in [4.69, 9.17) is 5.21 Å². The number of likely N-dealkylation sites (tertiary alicyclic amines) is 1. The molecule has 2 atom stereocenters. The number of nitrogens with zero attached hydrogens (tertiary/aromatic N) is 4. The minimum atomic E-state index is -0.642. The highest BCUT2D eigenvalue weighted by Crippen LogP contribution is 2.48. The van der Waals surface area contributed by atoms with E-state index in [1.54, 1.807) is 16.2 Å². The van der Waals surface area contributed by atoms with Crippen LogP contribution >= 0.6 is 0 Å². The van der Waals surface area contributed by atoms with Crippen molar-refractivity contribution in [3.05, 3.63) is 77.1 Å². The Hall–Kier alpha value is -3.07. The molecule has 0 bridgehead atoms. The van der Waals surface area contributed by atoms with Crippen molar-refractivity contribution in [2.45, 2.75) is 32.0 Å². The fourth-order valence-corrected chi connectivity index (χ4v) is 4.89. The minimum absolute atomic E-state index is 0.330. The molecule has 1 saturated heterocycles. The van der Waals surface area contributed by atoms with Crippen LogP contribution in [0.3, 0.4) is 0 Å². The van der Waals surface area contributed by atoms with E-state index in [-0.39, 0.29) is 5.41 Å². The fraction of sp³-hybridized carbons (Fsp3) is 0.318. The lowest BCUT2D eigenvalue weighted by Crippen LogP contribution is -2.40. The molecule has 0 radical (unpaired) electrons. The summed E-state index contributed by atoms with van der Waals surface area (Å²) >= 11 is 0. The number of amides is 1. The molecule has 1 aliphatic carbocycles. The molecular formula is C22H23N5O3. The van der Waals surface area contributed by atoms with Gasteiger partial charge >= 0.3 is 0 Å². The molecule has 2 aromatic carbocycles. The van der Waals surface area contributed by atoms with Gasteiger partial charge in [-0.2, -0.15) is 0 Å². The number of nitrogens with one attached hydrogen (secondary N) is 1. The maximum absolute atomic E-state index is 12.0. The summed E-state index contributed by atoms with van der Waals surface area (Å²) in [6.07, 6.45) is 3.40. The number of hydrogen-bond donors (Lipinski definition) is 3. The Labute approximate surface area is 173 Å². The molecule has 5 rings (SSSR count). The zero-order valence-corrected chi connectivity index (χ0v) is 16.4. The van der Waals surface area contributed by atoms with Crippen molar-refractivity contribution >= 4 is 5.91 Å². The third-order valence-electron chi connectivity index (χ3n) is 6.41. The summed E-state index contributed by atoms with van der Waals surface area (Å²) in [5, 5.41) is 28.7. The summed E-state index contributed by atoms with van der Waals surface area (Å²) in [7, 11) is 0. The van der Waals surface area contributed by atoms with Gasteiger partial charge in [-0.1, -0.05) is 35.5 Å². The molecule has 2 aliphatic rings. The number of hydroxylamine groups is 1. The molecule has 1 amide bonds. The second kappa shape index (κ2) is 7.32. The van der Waals surface area contributed by atoms with Crippen LogP contribution in [0.25, 0.3) is 5.69 Å². The fourth-order valence-electron chi connectivity index (χ4n) is 4.89. The lowest BCUT2D eigenvalue weighted by molar-refractivity contribution is -0.0412. The van der Waals surface area contributed by atoms with Crippen LogP contribution < -0.4 is 5.48 Å². The van der Waals surface area contributed by atoms with Gasteiger partial charge in [0.05, 0.1) is 17.6 Å². The summed E-state index contributed by atoms with van der Waals surface area (Å²) in [4.78, 5) is 14.1.